The maximum Gasteiger partial charge on any atom is 0.319 e. The predicted molar refractivity (Wildman–Crippen MR) is 107 cm³/mol. The fourth-order valence-electron chi connectivity index (χ4n) is 3.58. The van der Waals surface area contributed by atoms with Gasteiger partial charge in [0.05, 0.1) is 30.5 Å². The van der Waals surface area contributed by atoms with Gasteiger partial charge in [-0.05, 0) is 36.5 Å². The molecule has 1 saturated carbocycles. The molecule has 0 aromatic heterocycles. The van der Waals surface area contributed by atoms with Gasteiger partial charge in [0.25, 0.3) is 5.91 Å². The lowest BCUT2D eigenvalue weighted by Gasteiger charge is -2.27. The molecule has 1 heterocycles. The first-order valence-corrected chi connectivity index (χ1v) is 9.81. The first kappa shape index (κ1) is 18.5. The van der Waals surface area contributed by atoms with Gasteiger partial charge in [0.2, 0.25) is 0 Å². The van der Waals surface area contributed by atoms with Crippen molar-refractivity contribution in [2.24, 2.45) is 5.92 Å². The SMILES string of the molecule is O=C(Nc1ccccc1C(=O)N1CCOCC1)N[C@H](c1ccccc1)C1CC1. The van der Waals surface area contributed by atoms with Crippen molar-refractivity contribution in [3.63, 3.8) is 0 Å². The summed E-state index contributed by atoms with van der Waals surface area (Å²) in [4.78, 5) is 27.3. The monoisotopic (exact) mass is 379 g/mol. The number of nitrogens with zero attached hydrogens (tertiary/aromatic N) is 1. The van der Waals surface area contributed by atoms with Crippen LogP contribution >= 0.6 is 0 Å². The van der Waals surface area contributed by atoms with Crippen LogP contribution in [-0.4, -0.2) is 43.1 Å². The molecule has 1 aliphatic carbocycles. The van der Waals surface area contributed by atoms with E-state index in [1.807, 2.05) is 42.5 Å². The van der Waals surface area contributed by atoms with Crippen LogP contribution in [0.15, 0.2) is 54.6 Å². The number of carbonyl (C=O) groups is 2. The molecule has 146 valence electrons. The Kier molecular flexibility index (Phi) is 5.58. The van der Waals surface area contributed by atoms with E-state index in [1.165, 1.54) is 0 Å². The Bertz CT molecular complexity index is 830. The van der Waals surface area contributed by atoms with Gasteiger partial charge in [-0.25, -0.2) is 4.79 Å². The number of hydrogen-bond donors (Lipinski definition) is 2. The highest BCUT2D eigenvalue weighted by Crippen LogP contribution is 2.41. The van der Waals surface area contributed by atoms with E-state index in [1.54, 1.807) is 17.0 Å². The maximum absolute atomic E-state index is 12.9. The van der Waals surface area contributed by atoms with Gasteiger partial charge in [-0.3, -0.25) is 4.79 Å². The third-order valence-electron chi connectivity index (χ3n) is 5.24. The highest BCUT2D eigenvalue weighted by molar-refractivity contribution is 6.03. The molecule has 0 unspecified atom stereocenters. The summed E-state index contributed by atoms with van der Waals surface area (Å²) in [5.74, 6) is 0.388. The molecule has 6 nitrogen and oxygen atoms in total. The number of urea groups is 1. The predicted octanol–water partition coefficient (Wildman–Crippen LogP) is 3.43. The van der Waals surface area contributed by atoms with Crippen LogP contribution in [-0.2, 0) is 4.74 Å². The fourth-order valence-corrected chi connectivity index (χ4v) is 3.58. The first-order chi connectivity index (χ1) is 13.7. The van der Waals surface area contributed by atoms with Gasteiger partial charge in [0, 0.05) is 13.1 Å². The second kappa shape index (κ2) is 8.44. The molecule has 1 aliphatic heterocycles. The highest BCUT2D eigenvalue weighted by atomic mass is 16.5. The Morgan fingerprint density at radius 2 is 1.64 bits per heavy atom. The average molecular weight is 379 g/mol. The Labute approximate surface area is 164 Å². The van der Waals surface area contributed by atoms with Crippen LogP contribution in [0.25, 0.3) is 0 Å². The molecule has 28 heavy (non-hydrogen) atoms. The molecular weight excluding hydrogens is 354 g/mol. The van der Waals surface area contributed by atoms with Gasteiger partial charge in [-0.15, -0.1) is 0 Å². The quantitative estimate of drug-likeness (QED) is 0.836. The van der Waals surface area contributed by atoms with E-state index in [2.05, 4.69) is 10.6 Å². The van der Waals surface area contributed by atoms with Gasteiger partial charge in [-0.1, -0.05) is 42.5 Å². The Balaban J connectivity index is 1.46. The summed E-state index contributed by atoms with van der Waals surface area (Å²) in [5, 5.41) is 5.98. The number of hydrogen-bond acceptors (Lipinski definition) is 3. The van der Waals surface area contributed by atoms with Crippen LogP contribution in [0.5, 0.6) is 0 Å². The molecule has 2 N–H and O–H groups in total. The molecule has 0 spiro atoms. The third kappa shape index (κ3) is 4.34. The molecule has 2 aromatic carbocycles. The highest BCUT2D eigenvalue weighted by Gasteiger charge is 2.33. The van der Waals surface area contributed by atoms with Crippen LogP contribution in [0, 0.1) is 5.92 Å². The van der Waals surface area contributed by atoms with E-state index >= 15 is 0 Å². The summed E-state index contributed by atoms with van der Waals surface area (Å²) in [6, 6.07) is 16.9. The molecule has 0 bridgehead atoms. The van der Waals surface area contributed by atoms with Crippen molar-refractivity contribution in [3.8, 4) is 0 Å². The van der Waals surface area contributed by atoms with Gasteiger partial charge < -0.3 is 20.3 Å². The van der Waals surface area contributed by atoms with Crippen molar-refractivity contribution in [3.05, 3.63) is 65.7 Å². The molecule has 2 aliphatic rings. The van der Waals surface area contributed by atoms with Crippen molar-refractivity contribution in [1.82, 2.24) is 10.2 Å². The molecule has 3 amide bonds. The second-order valence-corrected chi connectivity index (χ2v) is 7.27. The summed E-state index contributed by atoms with van der Waals surface area (Å²) in [6.45, 7) is 2.22. The van der Waals surface area contributed by atoms with Crippen LogP contribution in [0.3, 0.4) is 0 Å². The van der Waals surface area contributed by atoms with Crippen molar-refractivity contribution in [2.45, 2.75) is 18.9 Å². The lowest BCUT2D eigenvalue weighted by Crippen LogP contribution is -2.41. The van der Waals surface area contributed by atoms with Crippen molar-refractivity contribution in [2.75, 3.05) is 31.6 Å². The average Bonchev–Trinajstić information content (AvgIpc) is 3.58. The summed E-state index contributed by atoms with van der Waals surface area (Å²) in [5.41, 5.74) is 2.14. The van der Waals surface area contributed by atoms with Crippen LogP contribution in [0.4, 0.5) is 10.5 Å². The molecule has 6 heteroatoms. The zero-order valence-electron chi connectivity index (χ0n) is 15.8. The Morgan fingerprint density at radius 3 is 2.36 bits per heavy atom. The minimum Gasteiger partial charge on any atom is -0.378 e. The van der Waals surface area contributed by atoms with Crippen molar-refractivity contribution >= 4 is 17.6 Å². The van der Waals surface area contributed by atoms with Gasteiger partial charge >= 0.3 is 6.03 Å². The Hall–Kier alpha value is -2.86. The zero-order chi connectivity index (χ0) is 19.3. The maximum atomic E-state index is 12.9. The van der Waals surface area contributed by atoms with E-state index < -0.39 is 0 Å². The molecule has 1 atom stereocenters. The second-order valence-electron chi connectivity index (χ2n) is 7.27. The van der Waals surface area contributed by atoms with Crippen LogP contribution in [0.2, 0.25) is 0 Å². The largest absolute Gasteiger partial charge is 0.378 e. The van der Waals surface area contributed by atoms with Gasteiger partial charge in [0.15, 0.2) is 0 Å². The smallest absolute Gasteiger partial charge is 0.319 e. The number of carbonyl (C=O) groups excluding carboxylic acids is 2. The normalized spacial score (nSPS) is 17.6. The number of anilines is 1. The number of para-hydroxylation sites is 1. The number of amides is 3. The summed E-state index contributed by atoms with van der Waals surface area (Å²) in [7, 11) is 0. The first-order valence-electron chi connectivity index (χ1n) is 9.81. The summed E-state index contributed by atoms with van der Waals surface area (Å²) >= 11 is 0. The molecule has 0 radical (unpaired) electrons. The van der Waals surface area contributed by atoms with Crippen LogP contribution < -0.4 is 10.6 Å². The zero-order valence-corrected chi connectivity index (χ0v) is 15.8. The van der Waals surface area contributed by atoms with E-state index in [0.29, 0.717) is 43.5 Å². The molecule has 2 fully saturated rings. The van der Waals surface area contributed by atoms with Gasteiger partial charge in [-0.2, -0.15) is 0 Å². The number of ether oxygens (including phenoxy) is 1. The lowest BCUT2D eigenvalue weighted by atomic mass is 10.0. The molecule has 4 rings (SSSR count). The minimum absolute atomic E-state index is 0.0108. The van der Waals surface area contributed by atoms with E-state index in [4.69, 9.17) is 4.74 Å². The third-order valence-corrected chi connectivity index (χ3v) is 5.24. The number of morpholine rings is 1. The number of benzene rings is 2. The topological polar surface area (TPSA) is 70.7 Å². The number of rotatable bonds is 5. The Morgan fingerprint density at radius 1 is 0.964 bits per heavy atom. The lowest BCUT2D eigenvalue weighted by molar-refractivity contribution is 0.0303. The standard InChI is InChI=1S/C22H25N3O3/c26-21(25-12-14-28-15-13-25)18-8-4-5-9-19(18)23-22(27)24-20(17-10-11-17)16-6-2-1-3-7-16/h1-9,17,20H,10-15H2,(H2,23,24,27)/t20-/m1/s1. The van der Waals surface area contributed by atoms with Crippen LogP contribution in [0.1, 0.15) is 34.8 Å². The van der Waals surface area contributed by atoms with E-state index in [-0.39, 0.29) is 18.0 Å². The van der Waals surface area contributed by atoms with Crippen molar-refractivity contribution in [1.29, 1.82) is 0 Å². The van der Waals surface area contributed by atoms with E-state index in [9.17, 15) is 9.59 Å². The summed E-state index contributed by atoms with van der Waals surface area (Å²) in [6.07, 6.45) is 2.23. The molecule has 1 saturated heterocycles. The molecular formula is C22H25N3O3. The minimum atomic E-state index is -0.289. The number of nitrogens with one attached hydrogen (secondary N) is 2. The summed E-state index contributed by atoms with van der Waals surface area (Å²) < 4.78 is 5.32. The van der Waals surface area contributed by atoms with E-state index in [0.717, 1.165) is 18.4 Å². The molecule has 2 aromatic rings. The van der Waals surface area contributed by atoms with Gasteiger partial charge in [0.1, 0.15) is 0 Å². The van der Waals surface area contributed by atoms with Crippen molar-refractivity contribution < 1.29 is 14.3 Å². The fraction of sp³-hybridized carbons (Fsp3) is 0.364.